The molecule has 1 saturated carbocycles. The van der Waals surface area contributed by atoms with Gasteiger partial charge in [-0.15, -0.1) is 0 Å². The second-order valence-corrected chi connectivity index (χ2v) is 7.81. The first-order chi connectivity index (χ1) is 9.38. The Morgan fingerprint density at radius 2 is 1.80 bits per heavy atom. The van der Waals surface area contributed by atoms with Gasteiger partial charge in [0.25, 0.3) is 0 Å². The van der Waals surface area contributed by atoms with Crippen LogP contribution in [-0.2, 0) is 6.54 Å². The Labute approximate surface area is 133 Å². The molecule has 0 aromatic heterocycles. The van der Waals surface area contributed by atoms with Crippen LogP contribution >= 0.6 is 23.2 Å². The van der Waals surface area contributed by atoms with Gasteiger partial charge in [0.05, 0.1) is 10.0 Å². The van der Waals surface area contributed by atoms with E-state index in [1.807, 2.05) is 12.1 Å². The van der Waals surface area contributed by atoms with Crippen LogP contribution in [0.15, 0.2) is 18.2 Å². The number of rotatable bonds is 3. The fourth-order valence-corrected chi connectivity index (χ4v) is 3.63. The van der Waals surface area contributed by atoms with Gasteiger partial charge in [0.15, 0.2) is 0 Å². The molecule has 0 aliphatic heterocycles. The summed E-state index contributed by atoms with van der Waals surface area (Å²) in [5, 5.41) is 5.01. The van der Waals surface area contributed by atoms with Crippen molar-refractivity contribution < 1.29 is 0 Å². The largest absolute Gasteiger partial charge is 0.310 e. The summed E-state index contributed by atoms with van der Waals surface area (Å²) < 4.78 is 0. The van der Waals surface area contributed by atoms with Crippen LogP contribution in [0.2, 0.25) is 10.0 Å². The van der Waals surface area contributed by atoms with Crippen LogP contribution in [0.25, 0.3) is 0 Å². The van der Waals surface area contributed by atoms with Gasteiger partial charge in [0.1, 0.15) is 0 Å². The fourth-order valence-electron chi connectivity index (χ4n) is 3.31. The maximum Gasteiger partial charge on any atom is 0.0595 e. The maximum atomic E-state index is 6.08. The van der Waals surface area contributed by atoms with E-state index in [9.17, 15) is 0 Å². The van der Waals surface area contributed by atoms with E-state index in [-0.39, 0.29) is 0 Å². The van der Waals surface area contributed by atoms with E-state index in [1.165, 1.54) is 31.2 Å². The molecule has 2 atom stereocenters. The number of benzene rings is 1. The molecule has 2 rings (SSSR count). The number of halogens is 2. The topological polar surface area (TPSA) is 12.0 Å². The monoisotopic (exact) mass is 313 g/mol. The first kappa shape index (κ1) is 16.1. The highest BCUT2D eigenvalue weighted by molar-refractivity contribution is 6.42. The molecule has 2 unspecified atom stereocenters. The smallest absolute Gasteiger partial charge is 0.0595 e. The Hall–Kier alpha value is -0.240. The fraction of sp³-hybridized carbons (Fsp3) is 0.647. The van der Waals surface area contributed by atoms with Crippen molar-refractivity contribution in [2.45, 2.75) is 59.0 Å². The SMILES string of the molecule is CC(C)(C)C1CCCCC1NCc1ccc(Cl)c(Cl)c1. The Bertz CT molecular complexity index is 451. The van der Waals surface area contributed by atoms with E-state index in [2.05, 4.69) is 32.2 Å². The molecule has 0 spiro atoms. The lowest BCUT2D eigenvalue weighted by Gasteiger charge is -2.41. The minimum atomic E-state index is 0.371. The minimum Gasteiger partial charge on any atom is -0.310 e. The summed E-state index contributed by atoms with van der Waals surface area (Å²) in [6, 6.07) is 6.50. The second-order valence-electron chi connectivity index (χ2n) is 6.99. The summed E-state index contributed by atoms with van der Waals surface area (Å²) >= 11 is 12.0. The molecular formula is C17H25Cl2N. The van der Waals surface area contributed by atoms with E-state index in [4.69, 9.17) is 23.2 Å². The molecule has 0 bridgehead atoms. The molecule has 3 heteroatoms. The van der Waals surface area contributed by atoms with Gasteiger partial charge >= 0.3 is 0 Å². The van der Waals surface area contributed by atoms with E-state index in [1.54, 1.807) is 0 Å². The average Bonchev–Trinajstić information content (AvgIpc) is 2.39. The van der Waals surface area contributed by atoms with Crippen LogP contribution in [0.5, 0.6) is 0 Å². The number of hydrogen-bond acceptors (Lipinski definition) is 1. The van der Waals surface area contributed by atoms with Crippen LogP contribution in [0.3, 0.4) is 0 Å². The maximum absolute atomic E-state index is 6.08. The van der Waals surface area contributed by atoms with Crippen LogP contribution in [-0.4, -0.2) is 6.04 Å². The summed E-state index contributed by atoms with van der Waals surface area (Å²) in [6.45, 7) is 7.94. The van der Waals surface area contributed by atoms with E-state index >= 15 is 0 Å². The number of hydrogen-bond donors (Lipinski definition) is 1. The van der Waals surface area contributed by atoms with Gasteiger partial charge in [-0.1, -0.05) is 62.9 Å². The van der Waals surface area contributed by atoms with Gasteiger partial charge in [-0.3, -0.25) is 0 Å². The molecule has 0 saturated heterocycles. The Kier molecular flexibility index (Phi) is 5.39. The standard InChI is InChI=1S/C17H25Cl2N/c1-17(2,3)13-6-4-5-7-16(13)20-11-12-8-9-14(18)15(19)10-12/h8-10,13,16,20H,4-7,11H2,1-3H3. The summed E-state index contributed by atoms with van der Waals surface area (Å²) in [4.78, 5) is 0. The molecule has 1 aromatic rings. The van der Waals surface area contributed by atoms with Gasteiger partial charge in [-0.05, 0) is 41.9 Å². The van der Waals surface area contributed by atoms with Crippen LogP contribution in [0, 0.1) is 11.3 Å². The third-order valence-corrected chi connectivity index (χ3v) is 5.17. The molecule has 20 heavy (non-hydrogen) atoms. The first-order valence-corrected chi connectivity index (χ1v) is 8.31. The lowest BCUT2D eigenvalue weighted by molar-refractivity contribution is 0.130. The van der Waals surface area contributed by atoms with E-state index in [0.717, 1.165) is 12.5 Å². The van der Waals surface area contributed by atoms with Crippen molar-refractivity contribution in [1.82, 2.24) is 5.32 Å². The predicted molar refractivity (Wildman–Crippen MR) is 88.5 cm³/mol. The molecule has 0 heterocycles. The molecule has 1 aliphatic carbocycles. The molecule has 1 nitrogen and oxygen atoms in total. The molecule has 0 radical (unpaired) electrons. The van der Waals surface area contributed by atoms with Crippen LogP contribution < -0.4 is 5.32 Å². The average molecular weight is 314 g/mol. The van der Waals surface area contributed by atoms with Crippen molar-refractivity contribution >= 4 is 23.2 Å². The third-order valence-electron chi connectivity index (χ3n) is 4.43. The lowest BCUT2D eigenvalue weighted by Crippen LogP contribution is -2.43. The molecule has 112 valence electrons. The summed E-state index contributed by atoms with van der Waals surface area (Å²) in [5.41, 5.74) is 1.58. The van der Waals surface area contributed by atoms with Gasteiger partial charge in [0.2, 0.25) is 0 Å². The van der Waals surface area contributed by atoms with Crippen molar-refractivity contribution in [2.24, 2.45) is 11.3 Å². The highest BCUT2D eigenvalue weighted by Crippen LogP contribution is 2.38. The van der Waals surface area contributed by atoms with Gasteiger partial charge < -0.3 is 5.32 Å². The van der Waals surface area contributed by atoms with Gasteiger partial charge in [-0.25, -0.2) is 0 Å². The summed E-state index contributed by atoms with van der Waals surface area (Å²) in [7, 11) is 0. The minimum absolute atomic E-state index is 0.371. The first-order valence-electron chi connectivity index (χ1n) is 7.55. The predicted octanol–water partition coefficient (Wildman–Crippen LogP) is 5.69. The lowest BCUT2D eigenvalue weighted by atomic mass is 9.69. The molecular weight excluding hydrogens is 289 g/mol. The second kappa shape index (κ2) is 6.68. The third kappa shape index (κ3) is 4.13. The molecule has 1 aliphatic rings. The summed E-state index contributed by atoms with van der Waals surface area (Å²) in [5.74, 6) is 0.749. The molecule has 1 N–H and O–H groups in total. The van der Waals surface area contributed by atoms with Crippen molar-refractivity contribution in [3.8, 4) is 0 Å². The van der Waals surface area contributed by atoms with E-state index < -0.39 is 0 Å². The number of nitrogens with one attached hydrogen (secondary N) is 1. The normalized spacial score (nSPS) is 23.9. The van der Waals surface area contributed by atoms with Crippen LogP contribution in [0.1, 0.15) is 52.0 Å². The van der Waals surface area contributed by atoms with Crippen molar-refractivity contribution in [3.63, 3.8) is 0 Å². The highest BCUT2D eigenvalue weighted by Gasteiger charge is 2.33. The zero-order valence-corrected chi connectivity index (χ0v) is 14.2. The Morgan fingerprint density at radius 3 is 2.45 bits per heavy atom. The Morgan fingerprint density at radius 1 is 1.10 bits per heavy atom. The van der Waals surface area contributed by atoms with Gasteiger partial charge in [0, 0.05) is 12.6 Å². The van der Waals surface area contributed by atoms with Crippen molar-refractivity contribution in [2.75, 3.05) is 0 Å². The highest BCUT2D eigenvalue weighted by atomic mass is 35.5. The Balaban J connectivity index is 1.99. The van der Waals surface area contributed by atoms with Crippen molar-refractivity contribution in [3.05, 3.63) is 33.8 Å². The quantitative estimate of drug-likeness (QED) is 0.756. The van der Waals surface area contributed by atoms with Crippen molar-refractivity contribution in [1.29, 1.82) is 0 Å². The van der Waals surface area contributed by atoms with E-state index in [0.29, 0.717) is 21.5 Å². The van der Waals surface area contributed by atoms with Crippen LogP contribution in [0.4, 0.5) is 0 Å². The molecule has 0 amide bonds. The zero-order valence-electron chi connectivity index (χ0n) is 12.7. The zero-order chi connectivity index (χ0) is 14.8. The van der Waals surface area contributed by atoms with Gasteiger partial charge in [-0.2, -0.15) is 0 Å². The molecule has 1 aromatic carbocycles. The molecule has 1 fully saturated rings. The summed E-state index contributed by atoms with van der Waals surface area (Å²) in [6.07, 6.45) is 5.32.